The molecule has 0 bridgehead atoms. The Morgan fingerprint density at radius 1 is 1.08 bits per heavy atom. The minimum atomic E-state index is -3.99. The monoisotopic (exact) mass is 392 g/mol. The van der Waals surface area contributed by atoms with Crippen molar-refractivity contribution in [3.05, 3.63) is 64.7 Å². The van der Waals surface area contributed by atoms with Gasteiger partial charge < -0.3 is 4.90 Å². The van der Waals surface area contributed by atoms with E-state index in [1.165, 1.54) is 12.1 Å². The van der Waals surface area contributed by atoms with E-state index in [4.69, 9.17) is 11.6 Å². The van der Waals surface area contributed by atoms with E-state index in [1.54, 1.807) is 41.3 Å². The topological polar surface area (TPSA) is 57.7 Å². The normalized spacial score (nSPS) is 14.5. The molecule has 26 heavy (non-hydrogen) atoms. The van der Waals surface area contributed by atoms with Gasteiger partial charge in [0.1, 0.15) is 0 Å². The second-order valence-corrected chi connectivity index (χ2v) is 8.66. The van der Waals surface area contributed by atoms with E-state index in [0.717, 1.165) is 22.7 Å². The standard InChI is InChI=1S/C19H21ClN2O3S/c1-15-8-10-17(11-9-15)26(24,25)22(19(23)21-12-4-5-13-21)14-16-6-2-3-7-18(16)20/h2-3,6-11H,4-5,12-14H2,1H3. The van der Waals surface area contributed by atoms with Crippen LogP contribution in [0.3, 0.4) is 0 Å². The van der Waals surface area contributed by atoms with Crippen LogP contribution in [-0.2, 0) is 16.6 Å². The van der Waals surface area contributed by atoms with Crippen LogP contribution in [-0.4, -0.2) is 36.7 Å². The number of benzene rings is 2. The predicted octanol–water partition coefficient (Wildman–Crippen LogP) is 4.06. The van der Waals surface area contributed by atoms with Gasteiger partial charge in [0.2, 0.25) is 0 Å². The molecule has 1 aliphatic heterocycles. The Morgan fingerprint density at radius 3 is 2.31 bits per heavy atom. The van der Waals surface area contributed by atoms with Crippen LogP contribution in [0.4, 0.5) is 4.79 Å². The molecular weight excluding hydrogens is 372 g/mol. The molecule has 0 radical (unpaired) electrons. The quantitative estimate of drug-likeness (QED) is 0.788. The van der Waals surface area contributed by atoms with Crippen molar-refractivity contribution in [1.29, 1.82) is 0 Å². The van der Waals surface area contributed by atoms with Gasteiger partial charge in [-0.3, -0.25) is 0 Å². The van der Waals surface area contributed by atoms with Crippen molar-refractivity contribution in [2.75, 3.05) is 13.1 Å². The Kier molecular flexibility index (Phi) is 5.53. The average molecular weight is 393 g/mol. The molecule has 0 atom stereocenters. The Labute approximate surface area is 159 Å². The zero-order valence-corrected chi connectivity index (χ0v) is 16.1. The van der Waals surface area contributed by atoms with Gasteiger partial charge in [0.05, 0.1) is 11.4 Å². The summed E-state index contributed by atoms with van der Waals surface area (Å²) in [5.41, 5.74) is 1.55. The van der Waals surface area contributed by atoms with E-state index in [9.17, 15) is 13.2 Å². The van der Waals surface area contributed by atoms with E-state index < -0.39 is 16.1 Å². The van der Waals surface area contributed by atoms with E-state index >= 15 is 0 Å². The molecule has 2 aromatic carbocycles. The lowest BCUT2D eigenvalue weighted by molar-refractivity contribution is 0.187. The number of hydrogen-bond acceptors (Lipinski definition) is 3. The van der Waals surface area contributed by atoms with Crippen molar-refractivity contribution in [1.82, 2.24) is 9.21 Å². The molecular formula is C19H21ClN2O3S. The number of aryl methyl sites for hydroxylation is 1. The number of halogens is 1. The molecule has 0 aliphatic carbocycles. The summed E-state index contributed by atoms with van der Waals surface area (Å²) in [7, 11) is -3.99. The van der Waals surface area contributed by atoms with Crippen molar-refractivity contribution in [3.8, 4) is 0 Å². The number of rotatable bonds is 4. The van der Waals surface area contributed by atoms with Crippen LogP contribution in [0.25, 0.3) is 0 Å². The highest BCUT2D eigenvalue weighted by Gasteiger charge is 2.34. The fourth-order valence-corrected chi connectivity index (χ4v) is 4.50. The first-order chi connectivity index (χ1) is 12.4. The summed E-state index contributed by atoms with van der Waals surface area (Å²) in [4.78, 5) is 14.7. The Balaban J connectivity index is 2.00. The maximum atomic E-state index is 13.2. The van der Waals surface area contributed by atoms with Crippen LogP contribution in [0.1, 0.15) is 24.0 Å². The number of carbonyl (C=O) groups excluding carboxylic acids is 1. The molecule has 3 rings (SSSR count). The summed E-state index contributed by atoms with van der Waals surface area (Å²) in [5, 5.41) is 0.436. The highest BCUT2D eigenvalue weighted by atomic mass is 35.5. The van der Waals surface area contributed by atoms with Crippen LogP contribution in [0.15, 0.2) is 53.4 Å². The highest BCUT2D eigenvalue weighted by molar-refractivity contribution is 7.89. The molecule has 7 heteroatoms. The van der Waals surface area contributed by atoms with Gasteiger partial charge in [-0.05, 0) is 43.5 Å². The molecule has 138 valence electrons. The van der Waals surface area contributed by atoms with Crippen LogP contribution in [0.2, 0.25) is 5.02 Å². The molecule has 2 aromatic rings. The van der Waals surface area contributed by atoms with Crippen LogP contribution < -0.4 is 0 Å². The zero-order chi connectivity index (χ0) is 18.7. The van der Waals surface area contributed by atoms with E-state index in [1.807, 2.05) is 6.92 Å². The maximum Gasteiger partial charge on any atom is 0.334 e. The Bertz CT molecular complexity index is 891. The second-order valence-electron chi connectivity index (χ2n) is 6.39. The summed E-state index contributed by atoms with van der Waals surface area (Å²) in [5.74, 6) is 0. The minimum Gasteiger partial charge on any atom is -0.324 e. The third-order valence-corrected chi connectivity index (χ3v) is 6.57. The summed E-state index contributed by atoms with van der Waals surface area (Å²) in [6.45, 7) is 2.93. The third kappa shape index (κ3) is 3.86. The van der Waals surface area contributed by atoms with E-state index in [-0.39, 0.29) is 11.4 Å². The van der Waals surface area contributed by atoms with Crippen molar-refractivity contribution < 1.29 is 13.2 Å². The smallest absolute Gasteiger partial charge is 0.324 e. The molecule has 0 N–H and O–H groups in total. The summed E-state index contributed by atoms with van der Waals surface area (Å²) in [6.07, 6.45) is 1.77. The summed E-state index contributed by atoms with van der Waals surface area (Å²) in [6, 6.07) is 13.0. The van der Waals surface area contributed by atoms with Crippen molar-refractivity contribution >= 4 is 27.7 Å². The number of sulfonamides is 1. The molecule has 2 amide bonds. The molecule has 1 saturated heterocycles. The van der Waals surface area contributed by atoms with Gasteiger partial charge >= 0.3 is 6.03 Å². The van der Waals surface area contributed by atoms with Crippen LogP contribution in [0.5, 0.6) is 0 Å². The van der Waals surface area contributed by atoms with Crippen LogP contribution in [0, 0.1) is 6.92 Å². The summed E-state index contributed by atoms with van der Waals surface area (Å²) < 4.78 is 27.3. The molecule has 1 fully saturated rings. The molecule has 0 unspecified atom stereocenters. The number of hydrogen-bond donors (Lipinski definition) is 0. The number of urea groups is 1. The van der Waals surface area contributed by atoms with Crippen molar-refractivity contribution in [2.45, 2.75) is 31.2 Å². The number of likely N-dealkylation sites (tertiary alicyclic amines) is 1. The average Bonchev–Trinajstić information content (AvgIpc) is 3.15. The van der Waals surface area contributed by atoms with E-state index in [2.05, 4.69) is 0 Å². The zero-order valence-electron chi connectivity index (χ0n) is 14.6. The van der Waals surface area contributed by atoms with Crippen molar-refractivity contribution in [2.24, 2.45) is 0 Å². The first kappa shape index (κ1) is 18.7. The lowest BCUT2D eigenvalue weighted by Gasteiger charge is -2.27. The number of nitrogens with zero attached hydrogens (tertiary/aromatic N) is 2. The first-order valence-corrected chi connectivity index (χ1v) is 10.3. The van der Waals surface area contributed by atoms with Crippen molar-refractivity contribution in [3.63, 3.8) is 0 Å². The SMILES string of the molecule is Cc1ccc(S(=O)(=O)N(Cc2ccccc2Cl)C(=O)N2CCCC2)cc1. The van der Waals surface area contributed by atoms with Gasteiger partial charge in [-0.25, -0.2) is 17.5 Å². The van der Waals surface area contributed by atoms with Gasteiger partial charge in [-0.1, -0.05) is 47.5 Å². The second kappa shape index (κ2) is 7.68. The molecule has 5 nitrogen and oxygen atoms in total. The van der Waals surface area contributed by atoms with E-state index in [0.29, 0.717) is 23.7 Å². The van der Waals surface area contributed by atoms with Gasteiger partial charge in [0.15, 0.2) is 0 Å². The van der Waals surface area contributed by atoms with Gasteiger partial charge in [-0.2, -0.15) is 0 Å². The Hall–Kier alpha value is -2.05. The minimum absolute atomic E-state index is 0.0920. The number of carbonyl (C=O) groups is 1. The molecule has 1 heterocycles. The Morgan fingerprint density at radius 2 is 1.69 bits per heavy atom. The lowest BCUT2D eigenvalue weighted by atomic mass is 10.2. The third-order valence-electron chi connectivity index (χ3n) is 4.47. The summed E-state index contributed by atoms with van der Waals surface area (Å²) >= 11 is 6.20. The van der Waals surface area contributed by atoms with Crippen LogP contribution >= 0.6 is 11.6 Å². The maximum absolute atomic E-state index is 13.2. The van der Waals surface area contributed by atoms with Gasteiger partial charge in [0, 0.05) is 18.1 Å². The molecule has 0 aromatic heterocycles. The molecule has 1 aliphatic rings. The molecule has 0 spiro atoms. The van der Waals surface area contributed by atoms with Gasteiger partial charge in [0.25, 0.3) is 10.0 Å². The lowest BCUT2D eigenvalue weighted by Crippen LogP contribution is -2.44. The first-order valence-electron chi connectivity index (χ1n) is 8.51. The largest absolute Gasteiger partial charge is 0.334 e. The van der Waals surface area contributed by atoms with Gasteiger partial charge in [-0.15, -0.1) is 0 Å². The molecule has 0 saturated carbocycles. The predicted molar refractivity (Wildman–Crippen MR) is 102 cm³/mol. The fourth-order valence-electron chi connectivity index (χ4n) is 2.94. The fraction of sp³-hybridized carbons (Fsp3) is 0.316. The highest BCUT2D eigenvalue weighted by Crippen LogP contribution is 2.25. The number of amides is 2.